The Morgan fingerprint density at radius 3 is 2.41 bits per heavy atom. The molecule has 0 spiro atoms. The number of piperidine rings is 1. The molecule has 2 N–H and O–H groups in total. The number of pyridine rings is 2. The standard InChI is InChI=1S/C35H33Cl2FN8O.C10H6N2/c1-35(2,3)45-11-9-26(10-12-45)46-19-31(43-44-46)33(22-6-4-5-21(13-22)20-47)42-25-14-27-32(41-24-7-8-30(38)28(36)15-24)23(17-39)18-40-34(27)29(37)16-25;11-6-8-5-9-3-1-2-4-10(9)12-7-8/h4-8,13-16,18-20,26,33,42H,9-12H2,1-3H3,(H,40,41);1-5,7H/t33-;/m0./s1. The molecule has 0 bridgehead atoms. The summed E-state index contributed by atoms with van der Waals surface area (Å²) >= 11 is 12.8. The summed E-state index contributed by atoms with van der Waals surface area (Å²) in [5, 5.41) is 36.3. The number of nitriles is 2. The number of aromatic nitrogens is 5. The molecule has 3 aromatic heterocycles. The Morgan fingerprint density at radius 2 is 1.68 bits per heavy atom. The van der Waals surface area contributed by atoms with Gasteiger partial charge in [0.15, 0.2) is 0 Å². The number of carbonyl (C=O) groups excluding carboxylic acids is 1. The van der Waals surface area contributed by atoms with Gasteiger partial charge in [0.05, 0.1) is 56.2 Å². The number of rotatable bonds is 8. The molecule has 0 radical (unpaired) electrons. The highest BCUT2D eigenvalue weighted by molar-refractivity contribution is 6.36. The van der Waals surface area contributed by atoms with Crippen molar-refractivity contribution in [2.45, 2.75) is 51.2 Å². The van der Waals surface area contributed by atoms with Crippen molar-refractivity contribution in [3.63, 3.8) is 0 Å². The van der Waals surface area contributed by atoms with Crippen LogP contribution in [-0.4, -0.2) is 54.8 Å². The predicted molar refractivity (Wildman–Crippen MR) is 230 cm³/mol. The molecule has 8 rings (SSSR count). The first-order valence-electron chi connectivity index (χ1n) is 18.9. The van der Waals surface area contributed by atoms with E-state index in [-0.39, 0.29) is 22.2 Å². The Bertz CT molecular complexity index is 2750. The molecule has 11 nitrogen and oxygen atoms in total. The van der Waals surface area contributed by atoms with Crippen LogP contribution in [0.15, 0.2) is 104 Å². The van der Waals surface area contributed by atoms with Crippen molar-refractivity contribution in [1.82, 2.24) is 29.9 Å². The van der Waals surface area contributed by atoms with Crippen LogP contribution in [0.5, 0.6) is 0 Å². The molecule has 0 amide bonds. The van der Waals surface area contributed by atoms with Crippen LogP contribution in [0.25, 0.3) is 21.8 Å². The number of hydrogen-bond donors (Lipinski definition) is 2. The molecule has 1 fully saturated rings. The van der Waals surface area contributed by atoms with E-state index in [1.54, 1.807) is 18.3 Å². The van der Waals surface area contributed by atoms with E-state index >= 15 is 0 Å². The van der Waals surface area contributed by atoms with Crippen molar-refractivity contribution in [1.29, 1.82) is 10.5 Å². The lowest BCUT2D eigenvalue weighted by molar-refractivity contribution is 0.0866. The number of nitrogens with one attached hydrogen (secondary N) is 2. The molecule has 0 unspecified atom stereocenters. The maximum Gasteiger partial charge on any atom is 0.150 e. The second kappa shape index (κ2) is 17.6. The molecule has 1 aliphatic rings. The Hall–Kier alpha value is -6.44. The minimum Gasteiger partial charge on any atom is -0.373 e. The number of hydrogen-bond acceptors (Lipinski definition) is 10. The molecule has 4 aromatic carbocycles. The van der Waals surface area contributed by atoms with Gasteiger partial charge in [0.2, 0.25) is 0 Å². The van der Waals surface area contributed by atoms with Crippen molar-refractivity contribution in [2.75, 3.05) is 23.7 Å². The number of fused-ring (bicyclic) bond motifs is 2. The topological polar surface area (TPSA) is 148 Å². The van der Waals surface area contributed by atoms with Crippen LogP contribution < -0.4 is 10.6 Å². The van der Waals surface area contributed by atoms with Gasteiger partial charge in [-0.1, -0.05) is 64.8 Å². The zero-order chi connectivity index (χ0) is 41.7. The molecule has 4 heterocycles. The van der Waals surface area contributed by atoms with Gasteiger partial charge in [-0.3, -0.25) is 19.7 Å². The van der Waals surface area contributed by atoms with Gasteiger partial charge in [-0.15, -0.1) is 5.10 Å². The molecule has 0 saturated carbocycles. The van der Waals surface area contributed by atoms with Crippen LogP contribution in [0.2, 0.25) is 10.0 Å². The van der Waals surface area contributed by atoms with Crippen LogP contribution in [-0.2, 0) is 0 Å². The Kier molecular flexibility index (Phi) is 12.1. The SMILES string of the molecule is CC(C)(C)N1CCC(n2cc([C@@H](Nc3cc(Cl)c4ncc(C#N)c(Nc5ccc(F)c(Cl)c5)c4c3)c3cccc(C=O)c3)nn2)CC1.N#Cc1cnc2ccccc2c1. The van der Waals surface area contributed by atoms with Gasteiger partial charge < -0.3 is 10.6 Å². The molecule has 59 heavy (non-hydrogen) atoms. The van der Waals surface area contributed by atoms with Gasteiger partial charge >= 0.3 is 0 Å². The van der Waals surface area contributed by atoms with Crippen molar-refractivity contribution >= 4 is 68.4 Å². The Morgan fingerprint density at radius 1 is 0.898 bits per heavy atom. The van der Waals surface area contributed by atoms with E-state index in [1.807, 2.05) is 65.5 Å². The summed E-state index contributed by atoms with van der Waals surface area (Å²) < 4.78 is 15.8. The number of aldehydes is 1. The average Bonchev–Trinajstić information content (AvgIpc) is 3.74. The Labute approximate surface area is 351 Å². The zero-order valence-corrected chi connectivity index (χ0v) is 34.0. The van der Waals surface area contributed by atoms with Crippen LogP contribution in [0, 0.1) is 28.5 Å². The smallest absolute Gasteiger partial charge is 0.150 e. The number of para-hydroxylation sites is 1. The third-order valence-corrected chi connectivity index (χ3v) is 10.8. The van der Waals surface area contributed by atoms with E-state index in [4.69, 9.17) is 28.5 Å². The van der Waals surface area contributed by atoms with E-state index in [2.05, 4.69) is 68.7 Å². The van der Waals surface area contributed by atoms with Crippen molar-refractivity contribution in [3.05, 3.63) is 147 Å². The molecule has 1 aliphatic heterocycles. The lowest BCUT2D eigenvalue weighted by Gasteiger charge is -2.40. The number of halogens is 3. The van der Waals surface area contributed by atoms with Crippen LogP contribution in [0.3, 0.4) is 0 Å². The summed E-state index contributed by atoms with van der Waals surface area (Å²) in [6.45, 7) is 8.65. The first kappa shape index (κ1) is 40.7. The van der Waals surface area contributed by atoms with E-state index in [9.17, 15) is 14.4 Å². The van der Waals surface area contributed by atoms with E-state index in [0.29, 0.717) is 49.8 Å². The highest BCUT2D eigenvalue weighted by Gasteiger charge is 2.29. The summed E-state index contributed by atoms with van der Waals surface area (Å²) in [6.07, 6.45) is 7.72. The van der Waals surface area contributed by atoms with Gasteiger partial charge in [0.1, 0.15) is 29.9 Å². The molecule has 14 heteroatoms. The first-order valence-corrected chi connectivity index (χ1v) is 19.7. The predicted octanol–water partition coefficient (Wildman–Crippen LogP) is 10.4. The minimum absolute atomic E-state index is 0.0551. The molecule has 0 aliphatic carbocycles. The molecule has 1 atom stereocenters. The van der Waals surface area contributed by atoms with E-state index in [1.165, 1.54) is 24.4 Å². The van der Waals surface area contributed by atoms with Gasteiger partial charge in [-0.05, 0) is 87.7 Å². The number of nitrogens with zero attached hydrogens (tertiary/aromatic N) is 8. The average molecular weight is 826 g/mol. The molecule has 1 saturated heterocycles. The second-order valence-electron chi connectivity index (χ2n) is 15.2. The van der Waals surface area contributed by atoms with E-state index < -0.39 is 11.9 Å². The highest BCUT2D eigenvalue weighted by Crippen LogP contribution is 2.37. The van der Waals surface area contributed by atoms with Gasteiger partial charge in [-0.25, -0.2) is 9.07 Å². The highest BCUT2D eigenvalue weighted by atomic mass is 35.5. The molecular formula is C45H39Cl2FN10O. The molecular weight excluding hydrogens is 786 g/mol. The van der Waals surface area contributed by atoms with Crippen LogP contribution in [0.4, 0.5) is 21.5 Å². The number of anilines is 3. The third kappa shape index (κ3) is 9.32. The quantitative estimate of drug-likeness (QED) is 0.142. The van der Waals surface area contributed by atoms with Crippen molar-refractivity contribution in [2.24, 2.45) is 0 Å². The maximum atomic E-state index is 13.9. The van der Waals surface area contributed by atoms with Gasteiger partial charge in [-0.2, -0.15) is 10.5 Å². The lowest BCUT2D eigenvalue weighted by atomic mass is 9.98. The zero-order valence-electron chi connectivity index (χ0n) is 32.5. The van der Waals surface area contributed by atoms with Crippen LogP contribution in [0.1, 0.15) is 78.4 Å². The number of carbonyl (C=O) groups is 1. The first-order chi connectivity index (χ1) is 28.4. The van der Waals surface area contributed by atoms with Crippen molar-refractivity contribution in [3.8, 4) is 12.1 Å². The van der Waals surface area contributed by atoms with E-state index in [0.717, 1.165) is 48.7 Å². The van der Waals surface area contributed by atoms with Gasteiger partial charge in [0, 0.05) is 58.7 Å². The summed E-state index contributed by atoms with van der Waals surface area (Å²) in [6, 6.07) is 28.7. The molecule has 296 valence electrons. The third-order valence-electron chi connectivity index (χ3n) is 10.3. The Balaban J connectivity index is 0.000000375. The number of likely N-dealkylation sites (tertiary alicyclic amines) is 1. The van der Waals surface area contributed by atoms with Crippen molar-refractivity contribution < 1.29 is 9.18 Å². The van der Waals surface area contributed by atoms with Gasteiger partial charge in [0.25, 0.3) is 0 Å². The largest absolute Gasteiger partial charge is 0.373 e. The summed E-state index contributed by atoms with van der Waals surface area (Å²) in [5.74, 6) is -0.552. The summed E-state index contributed by atoms with van der Waals surface area (Å²) in [4.78, 5) is 22.8. The summed E-state index contributed by atoms with van der Waals surface area (Å²) in [7, 11) is 0. The fraction of sp³-hybridized carbons (Fsp3) is 0.222. The maximum absolute atomic E-state index is 13.9. The fourth-order valence-corrected chi connectivity index (χ4v) is 7.57. The fourth-order valence-electron chi connectivity index (χ4n) is 7.12. The number of benzene rings is 4. The lowest BCUT2D eigenvalue weighted by Crippen LogP contribution is -2.46. The van der Waals surface area contributed by atoms with Crippen LogP contribution >= 0.6 is 23.2 Å². The minimum atomic E-state index is -0.552. The second-order valence-corrected chi connectivity index (χ2v) is 16.0. The monoisotopic (exact) mass is 824 g/mol. The summed E-state index contributed by atoms with van der Waals surface area (Å²) in [5.41, 5.74) is 5.94. The molecule has 7 aromatic rings. The normalized spacial score (nSPS) is 13.8.